The monoisotopic (exact) mass is 354 g/mol. The second-order valence-electron chi connectivity index (χ2n) is 6.58. The molecule has 7 heteroatoms. The maximum atomic E-state index is 11.5. The number of nitrogens with one attached hydrogen (secondary N) is 3. The molecule has 6 nitrogen and oxygen atoms in total. The summed E-state index contributed by atoms with van der Waals surface area (Å²) in [6, 6.07) is 4.22. The van der Waals surface area contributed by atoms with Crippen LogP contribution in [0.25, 0.3) is 0 Å². The zero-order chi connectivity index (χ0) is 18.0. The highest BCUT2D eigenvalue weighted by molar-refractivity contribution is 7.10. The normalized spacial score (nSPS) is 13.3. The second kappa shape index (κ2) is 10.2. The van der Waals surface area contributed by atoms with E-state index in [4.69, 9.17) is 4.74 Å². The number of aliphatic imine (C=N–C) groups is 1. The summed E-state index contributed by atoms with van der Waals surface area (Å²) in [6.07, 6.45) is 0.412. The van der Waals surface area contributed by atoms with Crippen LogP contribution in [0.1, 0.15) is 44.9 Å². The maximum absolute atomic E-state index is 11.5. The Balaban J connectivity index is 2.15. The summed E-state index contributed by atoms with van der Waals surface area (Å²) in [7, 11) is 1.75. The molecule has 1 atom stereocenters. The molecule has 0 saturated heterocycles. The number of carbonyl (C=O) groups is 1. The van der Waals surface area contributed by atoms with Crippen molar-refractivity contribution in [1.29, 1.82) is 0 Å². The van der Waals surface area contributed by atoms with Crippen LogP contribution in [0.5, 0.6) is 0 Å². The number of alkyl carbamates (subject to hydrolysis) is 1. The largest absolute Gasteiger partial charge is 0.444 e. The minimum atomic E-state index is -0.465. The van der Waals surface area contributed by atoms with Gasteiger partial charge in [0, 0.05) is 37.5 Å². The molecule has 0 aliphatic rings. The summed E-state index contributed by atoms with van der Waals surface area (Å²) in [6.45, 7) is 9.85. The van der Waals surface area contributed by atoms with Gasteiger partial charge in [-0.05, 0) is 38.6 Å². The van der Waals surface area contributed by atoms with Crippen LogP contribution in [-0.4, -0.2) is 44.3 Å². The molecule has 1 unspecified atom stereocenters. The minimum Gasteiger partial charge on any atom is -0.444 e. The van der Waals surface area contributed by atoms with Crippen molar-refractivity contribution in [2.45, 2.75) is 45.6 Å². The Morgan fingerprint density at radius 1 is 1.29 bits per heavy atom. The number of amides is 1. The fraction of sp³-hybridized carbons (Fsp3) is 0.647. The number of ether oxygens (including phenoxy) is 1. The van der Waals surface area contributed by atoms with Crippen molar-refractivity contribution >= 4 is 23.4 Å². The van der Waals surface area contributed by atoms with Crippen LogP contribution in [0, 0.1) is 0 Å². The Kier molecular flexibility index (Phi) is 8.60. The molecular formula is C17H30N4O2S. The topological polar surface area (TPSA) is 74.8 Å². The van der Waals surface area contributed by atoms with Crippen molar-refractivity contribution in [3.63, 3.8) is 0 Å². The molecular weight excluding hydrogens is 324 g/mol. The molecule has 1 aromatic rings. The second-order valence-corrected chi connectivity index (χ2v) is 7.56. The number of rotatable bonds is 7. The van der Waals surface area contributed by atoms with E-state index in [0.29, 0.717) is 12.5 Å². The minimum absolute atomic E-state index is 0.380. The van der Waals surface area contributed by atoms with Crippen LogP contribution in [0.2, 0.25) is 0 Å². The molecule has 0 aliphatic heterocycles. The Morgan fingerprint density at radius 2 is 2.00 bits per heavy atom. The predicted molar refractivity (Wildman–Crippen MR) is 101 cm³/mol. The van der Waals surface area contributed by atoms with E-state index in [0.717, 1.165) is 25.5 Å². The third-order valence-electron chi connectivity index (χ3n) is 3.14. The summed E-state index contributed by atoms with van der Waals surface area (Å²) in [5.41, 5.74) is -0.465. The molecule has 0 radical (unpaired) electrons. The van der Waals surface area contributed by atoms with Gasteiger partial charge in [0.1, 0.15) is 5.60 Å². The lowest BCUT2D eigenvalue weighted by Gasteiger charge is -2.19. The van der Waals surface area contributed by atoms with Gasteiger partial charge in [0.15, 0.2) is 5.96 Å². The zero-order valence-electron chi connectivity index (χ0n) is 15.3. The highest BCUT2D eigenvalue weighted by atomic mass is 32.1. The van der Waals surface area contributed by atoms with E-state index in [1.54, 1.807) is 18.4 Å². The molecule has 1 amide bonds. The SMILES string of the molecule is CN=C(NCCCNC(=O)OC(C)(C)C)NCC(C)c1cccs1. The molecule has 0 saturated carbocycles. The maximum Gasteiger partial charge on any atom is 0.407 e. The van der Waals surface area contributed by atoms with Crippen molar-refractivity contribution in [2.24, 2.45) is 4.99 Å². The molecule has 0 aromatic carbocycles. The summed E-state index contributed by atoms with van der Waals surface area (Å²) in [5, 5.41) is 11.4. The zero-order valence-corrected chi connectivity index (χ0v) is 16.1. The summed E-state index contributed by atoms with van der Waals surface area (Å²) < 4.78 is 5.18. The van der Waals surface area contributed by atoms with Gasteiger partial charge in [-0.25, -0.2) is 4.79 Å². The highest BCUT2D eigenvalue weighted by Gasteiger charge is 2.15. The van der Waals surface area contributed by atoms with Crippen LogP contribution >= 0.6 is 11.3 Å². The Morgan fingerprint density at radius 3 is 2.58 bits per heavy atom. The van der Waals surface area contributed by atoms with Gasteiger partial charge in [-0.2, -0.15) is 0 Å². The molecule has 1 rings (SSSR count). The van der Waals surface area contributed by atoms with Crippen molar-refractivity contribution in [1.82, 2.24) is 16.0 Å². The highest BCUT2D eigenvalue weighted by Crippen LogP contribution is 2.19. The van der Waals surface area contributed by atoms with Gasteiger partial charge in [0.25, 0.3) is 0 Å². The van der Waals surface area contributed by atoms with Gasteiger partial charge >= 0.3 is 6.09 Å². The van der Waals surface area contributed by atoms with E-state index >= 15 is 0 Å². The van der Waals surface area contributed by atoms with E-state index in [1.807, 2.05) is 20.8 Å². The molecule has 136 valence electrons. The number of thiophene rings is 1. The van der Waals surface area contributed by atoms with Gasteiger partial charge in [-0.1, -0.05) is 13.0 Å². The van der Waals surface area contributed by atoms with E-state index in [1.165, 1.54) is 4.88 Å². The Bertz CT molecular complexity index is 509. The molecule has 1 aromatic heterocycles. The number of nitrogens with zero attached hydrogens (tertiary/aromatic N) is 1. The lowest BCUT2D eigenvalue weighted by Crippen LogP contribution is -2.40. The smallest absolute Gasteiger partial charge is 0.407 e. The fourth-order valence-electron chi connectivity index (χ4n) is 1.94. The molecule has 0 aliphatic carbocycles. The molecule has 0 fully saturated rings. The quantitative estimate of drug-likeness (QED) is 0.400. The first kappa shape index (κ1) is 20.3. The van der Waals surface area contributed by atoms with Crippen LogP contribution in [0.3, 0.4) is 0 Å². The first-order valence-electron chi connectivity index (χ1n) is 8.26. The Labute approximate surface area is 149 Å². The molecule has 1 heterocycles. The van der Waals surface area contributed by atoms with Crippen LogP contribution in [0.15, 0.2) is 22.5 Å². The third kappa shape index (κ3) is 8.76. The number of hydrogen-bond donors (Lipinski definition) is 3. The van der Waals surface area contributed by atoms with Crippen LogP contribution in [0.4, 0.5) is 4.79 Å². The van der Waals surface area contributed by atoms with Crippen molar-refractivity contribution in [3.8, 4) is 0 Å². The lowest BCUT2D eigenvalue weighted by atomic mass is 10.1. The van der Waals surface area contributed by atoms with E-state index in [-0.39, 0.29) is 6.09 Å². The van der Waals surface area contributed by atoms with Crippen molar-refractivity contribution in [3.05, 3.63) is 22.4 Å². The van der Waals surface area contributed by atoms with E-state index in [2.05, 4.69) is 45.4 Å². The van der Waals surface area contributed by atoms with Crippen LogP contribution < -0.4 is 16.0 Å². The summed E-state index contributed by atoms with van der Waals surface area (Å²) >= 11 is 1.77. The first-order valence-corrected chi connectivity index (χ1v) is 9.14. The van der Waals surface area contributed by atoms with Gasteiger partial charge in [0.05, 0.1) is 0 Å². The number of guanidine groups is 1. The first-order chi connectivity index (χ1) is 11.3. The summed E-state index contributed by atoms with van der Waals surface area (Å²) in [5.74, 6) is 1.22. The van der Waals surface area contributed by atoms with Gasteiger partial charge < -0.3 is 20.7 Å². The molecule has 3 N–H and O–H groups in total. The molecule has 0 bridgehead atoms. The van der Waals surface area contributed by atoms with Gasteiger partial charge in [-0.15, -0.1) is 11.3 Å². The van der Waals surface area contributed by atoms with Crippen molar-refractivity contribution < 1.29 is 9.53 Å². The standard InChI is InChI=1S/C17H30N4O2S/c1-13(14-8-6-11-24-14)12-21-15(18-5)19-9-7-10-20-16(22)23-17(2,3)4/h6,8,11,13H,7,9-10,12H2,1-5H3,(H,20,22)(H2,18,19,21). The Hall–Kier alpha value is -1.76. The van der Waals surface area contributed by atoms with Gasteiger partial charge in [-0.3, -0.25) is 4.99 Å². The predicted octanol–water partition coefficient (Wildman–Crippen LogP) is 2.93. The third-order valence-corrected chi connectivity index (χ3v) is 4.25. The molecule has 24 heavy (non-hydrogen) atoms. The molecule has 0 spiro atoms. The van der Waals surface area contributed by atoms with Crippen LogP contribution in [-0.2, 0) is 4.74 Å². The lowest BCUT2D eigenvalue weighted by molar-refractivity contribution is 0.0527. The van der Waals surface area contributed by atoms with Crippen molar-refractivity contribution in [2.75, 3.05) is 26.7 Å². The average molecular weight is 355 g/mol. The average Bonchev–Trinajstić information content (AvgIpc) is 3.02. The van der Waals surface area contributed by atoms with E-state index < -0.39 is 5.60 Å². The van der Waals surface area contributed by atoms with E-state index in [9.17, 15) is 4.79 Å². The van der Waals surface area contributed by atoms with Gasteiger partial charge in [0.2, 0.25) is 0 Å². The number of carbonyl (C=O) groups excluding carboxylic acids is 1. The fourth-order valence-corrected chi connectivity index (χ4v) is 2.73. The number of hydrogen-bond acceptors (Lipinski definition) is 4. The summed E-state index contributed by atoms with van der Waals surface area (Å²) in [4.78, 5) is 17.1.